The first-order valence-electron chi connectivity index (χ1n) is 5.33. The van der Waals surface area contributed by atoms with Gasteiger partial charge >= 0.3 is 0 Å². The van der Waals surface area contributed by atoms with Gasteiger partial charge in [-0.05, 0) is 18.8 Å². The zero-order valence-corrected chi connectivity index (χ0v) is 9.62. The van der Waals surface area contributed by atoms with E-state index in [1.165, 1.54) is 0 Å². The van der Waals surface area contributed by atoms with E-state index in [2.05, 4.69) is 0 Å². The molecule has 0 spiro atoms. The van der Waals surface area contributed by atoms with Gasteiger partial charge in [0.1, 0.15) is 0 Å². The number of methoxy groups -OCH3 is 1. The van der Waals surface area contributed by atoms with Gasteiger partial charge in [0.15, 0.2) is 0 Å². The minimum Gasteiger partial charge on any atom is -0.396 e. The van der Waals surface area contributed by atoms with E-state index in [4.69, 9.17) is 4.74 Å². The Balaban J connectivity index is 3.95. The van der Waals surface area contributed by atoms with E-state index in [1.54, 1.807) is 7.11 Å². The largest absolute Gasteiger partial charge is 0.396 e. The Labute approximate surface area is 87.1 Å². The van der Waals surface area contributed by atoms with Crippen LogP contribution < -0.4 is 0 Å². The molecule has 0 heterocycles. The Bertz CT molecular complexity index is 130. The Hall–Kier alpha value is -0.120. The first-order valence-corrected chi connectivity index (χ1v) is 5.33. The van der Waals surface area contributed by atoms with Gasteiger partial charge in [-0.25, -0.2) is 0 Å². The first-order chi connectivity index (χ1) is 6.63. The summed E-state index contributed by atoms with van der Waals surface area (Å²) in [6, 6.07) is 0. The molecule has 0 aromatic heterocycles. The lowest BCUT2D eigenvalue weighted by Gasteiger charge is -2.34. The fourth-order valence-corrected chi connectivity index (χ4v) is 1.59. The third-order valence-electron chi connectivity index (χ3n) is 3.13. The molecule has 0 aromatic rings. The van der Waals surface area contributed by atoms with E-state index < -0.39 is 0 Å². The molecule has 3 heteroatoms. The maximum absolute atomic E-state index is 9.31. The molecule has 0 aliphatic heterocycles. The van der Waals surface area contributed by atoms with Crippen LogP contribution in [0.4, 0.5) is 0 Å². The lowest BCUT2D eigenvalue weighted by Crippen LogP contribution is -2.35. The van der Waals surface area contributed by atoms with Gasteiger partial charge in [-0.15, -0.1) is 0 Å². The summed E-state index contributed by atoms with van der Waals surface area (Å²) in [5.74, 6) is 0.306. The molecule has 0 radical (unpaired) electrons. The summed E-state index contributed by atoms with van der Waals surface area (Å²) < 4.78 is 4.96. The fourth-order valence-electron chi connectivity index (χ4n) is 1.59. The van der Waals surface area contributed by atoms with Crippen LogP contribution in [0, 0.1) is 11.3 Å². The highest BCUT2D eigenvalue weighted by Crippen LogP contribution is 2.32. The number of hydrogen-bond donors (Lipinski definition) is 2. The van der Waals surface area contributed by atoms with Gasteiger partial charge in [0.2, 0.25) is 0 Å². The van der Waals surface area contributed by atoms with Crippen molar-refractivity contribution < 1.29 is 14.9 Å². The lowest BCUT2D eigenvalue weighted by molar-refractivity contribution is 0.00573. The van der Waals surface area contributed by atoms with Gasteiger partial charge in [-0.3, -0.25) is 0 Å². The molecule has 0 aliphatic rings. The molecule has 86 valence electrons. The molecule has 0 amide bonds. The van der Waals surface area contributed by atoms with Crippen molar-refractivity contribution in [1.82, 2.24) is 0 Å². The summed E-state index contributed by atoms with van der Waals surface area (Å²) in [4.78, 5) is 0. The second-order valence-electron chi connectivity index (χ2n) is 4.28. The number of unbranched alkanes of at least 4 members (excludes halogenated alkanes) is 1. The van der Waals surface area contributed by atoms with Crippen molar-refractivity contribution in [2.75, 3.05) is 26.9 Å². The van der Waals surface area contributed by atoms with Crippen LogP contribution in [-0.2, 0) is 4.74 Å². The molecular formula is C11H24O3. The number of aliphatic hydroxyl groups excluding tert-OH is 2. The number of ether oxygens (including phenoxy) is 1. The van der Waals surface area contributed by atoms with Crippen LogP contribution in [0.2, 0.25) is 0 Å². The Morgan fingerprint density at radius 3 is 2.07 bits per heavy atom. The molecule has 0 bridgehead atoms. The molecular weight excluding hydrogens is 180 g/mol. The van der Waals surface area contributed by atoms with Crippen molar-refractivity contribution in [3.05, 3.63) is 0 Å². The molecule has 0 fully saturated rings. The zero-order valence-electron chi connectivity index (χ0n) is 9.62. The summed E-state index contributed by atoms with van der Waals surface area (Å²) in [6.45, 7) is 4.97. The summed E-state index contributed by atoms with van der Waals surface area (Å²) in [6.07, 6.45) is 2.85. The summed E-state index contributed by atoms with van der Waals surface area (Å²) in [7, 11) is 1.69. The van der Waals surface area contributed by atoms with E-state index in [0.717, 1.165) is 25.9 Å². The molecule has 2 N–H and O–H groups in total. The quantitative estimate of drug-likeness (QED) is 0.588. The van der Waals surface area contributed by atoms with Gasteiger partial charge < -0.3 is 14.9 Å². The van der Waals surface area contributed by atoms with Crippen molar-refractivity contribution in [2.24, 2.45) is 11.3 Å². The van der Waals surface area contributed by atoms with Gasteiger partial charge in [-0.1, -0.05) is 20.3 Å². The van der Waals surface area contributed by atoms with Crippen LogP contribution in [0.25, 0.3) is 0 Å². The van der Waals surface area contributed by atoms with E-state index >= 15 is 0 Å². The van der Waals surface area contributed by atoms with Crippen molar-refractivity contribution >= 4 is 0 Å². The Morgan fingerprint density at radius 2 is 1.71 bits per heavy atom. The lowest BCUT2D eigenvalue weighted by atomic mass is 9.75. The van der Waals surface area contributed by atoms with Crippen LogP contribution >= 0.6 is 0 Å². The van der Waals surface area contributed by atoms with Crippen LogP contribution in [0.5, 0.6) is 0 Å². The highest BCUT2D eigenvalue weighted by Gasteiger charge is 2.31. The molecule has 0 aliphatic carbocycles. The smallest absolute Gasteiger partial charge is 0.0511 e. The van der Waals surface area contributed by atoms with Gasteiger partial charge in [0.25, 0.3) is 0 Å². The van der Waals surface area contributed by atoms with Crippen molar-refractivity contribution in [2.45, 2.75) is 33.1 Å². The maximum Gasteiger partial charge on any atom is 0.0511 e. The monoisotopic (exact) mass is 204 g/mol. The molecule has 0 saturated carbocycles. The van der Waals surface area contributed by atoms with E-state index in [-0.39, 0.29) is 18.6 Å². The van der Waals surface area contributed by atoms with E-state index in [1.807, 2.05) is 13.8 Å². The third kappa shape index (κ3) is 3.95. The van der Waals surface area contributed by atoms with Crippen molar-refractivity contribution in [3.63, 3.8) is 0 Å². The molecule has 0 rings (SSSR count). The van der Waals surface area contributed by atoms with Crippen molar-refractivity contribution in [3.8, 4) is 0 Å². The molecule has 3 nitrogen and oxygen atoms in total. The minimum atomic E-state index is -0.312. The maximum atomic E-state index is 9.31. The number of hydrogen-bond acceptors (Lipinski definition) is 3. The van der Waals surface area contributed by atoms with Gasteiger partial charge in [-0.2, -0.15) is 0 Å². The molecule has 14 heavy (non-hydrogen) atoms. The third-order valence-corrected chi connectivity index (χ3v) is 3.13. The second kappa shape index (κ2) is 7.21. The van der Waals surface area contributed by atoms with Crippen LogP contribution in [0.3, 0.4) is 0 Å². The predicted octanol–water partition coefficient (Wildman–Crippen LogP) is 1.43. The zero-order chi connectivity index (χ0) is 11.0. The van der Waals surface area contributed by atoms with E-state index in [9.17, 15) is 10.2 Å². The normalized spacial score (nSPS) is 12.4. The number of aliphatic hydroxyl groups is 2. The summed E-state index contributed by atoms with van der Waals surface area (Å²) >= 11 is 0. The van der Waals surface area contributed by atoms with Crippen LogP contribution in [0.1, 0.15) is 33.1 Å². The topological polar surface area (TPSA) is 49.7 Å². The SMILES string of the molecule is COCCCCC(CO)(CO)C(C)C. The Kier molecular flexibility index (Phi) is 7.15. The Morgan fingerprint density at radius 1 is 1.14 bits per heavy atom. The van der Waals surface area contributed by atoms with Crippen LogP contribution in [0.15, 0.2) is 0 Å². The van der Waals surface area contributed by atoms with Gasteiger partial charge in [0, 0.05) is 19.1 Å². The predicted molar refractivity (Wildman–Crippen MR) is 57.2 cm³/mol. The number of rotatable bonds is 8. The molecule has 0 unspecified atom stereocenters. The summed E-state index contributed by atoms with van der Waals surface area (Å²) in [5, 5.41) is 18.6. The second-order valence-corrected chi connectivity index (χ2v) is 4.28. The van der Waals surface area contributed by atoms with Crippen molar-refractivity contribution in [1.29, 1.82) is 0 Å². The fraction of sp³-hybridized carbons (Fsp3) is 1.00. The summed E-state index contributed by atoms with van der Waals surface area (Å²) in [5.41, 5.74) is -0.312. The minimum absolute atomic E-state index is 0.0636. The van der Waals surface area contributed by atoms with Crippen LogP contribution in [-0.4, -0.2) is 37.1 Å². The first kappa shape index (κ1) is 13.9. The standard InChI is InChI=1S/C11H24O3/c1-10(2)11(8-12,9-13)6-4-5-7-14-3/h10,12-13H,4-9H2,1-3H3. The average Bonchev–Trinajstić information content (AvgIpc) is 2.18. The van der Waals surface area contributed by atoms with Gasteiger partial charge in [0.05, 0.1) is 13.2 Å². The molecule has 0 aromatic carbocycles. The molecule has 0 atom stereocenters. The van der Waals surface area contributed by atoms with E-state index in [0.29, 0.717) is 5.92 Å². The highest BCUT2D eigenvalue weighted by molar-refractivity contribution is 4.80. The highest BCUT2D eigenvalue weighted by atomic mass is 16.5. The average molecular weight is 204 g/mol. The molecule has 0 saturated heterocycles.